The van der Waals surface area contributed by atoms with Crippen molar-refractivity contribution in [1.29, 1.82) is 0 Å². The van der Waals surface area contributed by atoms with Crippen molar-refractivity contribution in [1.82, 2.24) is 9.78 Å². The average molecular weight is 288 g/mol. The molecule has 2 aromatic rings. The van der Waals surface area contributed by atoms with E-state index in [1.165, 1.54) is 0 Å². The van der Waals surface area contributed by atoms with Gasteiger partial charge < -0.3 is 14.2 Å². The molecule has 0 radical (unpaired) electrons. The van der Waals surface area contributed by atoms with Crippen LogP contribution < -0.4 is 14.2 Å². The first-order valence-electron chi connectivity index (χ1n) is 6.73. The molecule has 21 heavy (non-hydrogen) atoms. The molecule has 3 rings (SSSR count). The Bertz CT molecular complexity index is 664. The maximum Gasteiger partial charge on any atom is 0.231 e. The number of rotatable bonds is 5. The van der Waals surface area contributed by atoms with Crippen LogP contribution in [0.5, 0.6) is 17.2 Å². The summed E-state index contributed by atoms with van der Waals surface area (Å²) in [5, 5.41) is 4.40. The molecule has 0 saturated carbocycles. The molecular formula is C15H16N2O4. The number of ether oxygens (including phenoxy) is 3. The first kappa shape index (κ1) is 13.5. The lowest BCUT2D eigenvalue weighted by Crippen LogP contribution is -2.04. The Morgan fingerprint density at radius 2 is 2.14 bits per heavy atom. The fourth-order valence-electron chi connectivity index (χ4n) is 2.05. The van der Waals surface area contributed by atoms with E-state index in [-0.39, 0.29) is 6.79 Å². The molecule has 1 aromatic heterocycles. The molecular weight excluding hydrogens is 272 g/mol. The number of nitrogens with zero attached hydrogens (tertiary/aromatic N) is 2. The number of hydrogen-bond acceptors (Lipinski definition) is 5. The summed E-state index contributed by atoms with van der Waals surface area (Å²) in [7, 11) is 0. The van der Waals surface area contributed by atoms with E-state index in [1.54, 1.807) is 12.1 Å². The van der Waals surface area contributed by atoms with Gasteiger partial charge in [-0.2, -0.15) is 5.10 Å². The van der Waals surface area contributed by atoms with Gasteiger partial charge in [-0.3, -0.25) is 9.48 Å². The Balaban J connectivity index is 1.76. The number of carbonyl (C=O) groups is 1. The normalized spacial score (nSPS) is 12.7. The molecule has 0 aliphatic carbocycles. The van der Waals surface area contributed by atoms with Crippen LogP contribution in [0.1, 0.15) is 35.9 Å². The number of aromatic nitrogens is 2. The van der Waals surface area contributed by atoms with Crippen LogP contribution in [0.2, 0.25) is 0 Å². The van der Waals surface area contributed by atoms with Crippen LogP contribution in [0.3, 0.4) is 0 Å². The average Bonchev–Trinajstić information content (AvgIpc) is 3.12. The summed E-state index contributed by atoms with van der Waals surface area (Å²) < 4.78 is 18.1. The maximum absolute atomic E-state index is 11.1. The van der Waals surface area contributed by atoms with Crippen molar-refractivity contribution in [2.24, 2.45) is 0 Å². The Kier molecular flexibility index (Phi) is 3.51. The summed E-state index contributed by atoms with van der Waals surface area (Å²) in [6, 6.07) is 5.49. The van der Waals surface area contributed by atoms with Crippen molar-refractivity contribution < 1.29 is 19.0 Å². The lowest BCUT2D eigenvalue weighted by molar-refractivity contribution is 0.111. The maximum atomic E-state index is 11.1. The van der Waals surface area contributed by atoms with Crippen molar-refractivity contribution in [3.8, 4) is 17.2 Å². The van der Waals surface area contributed by atoms with Gasteiger partial charge in [0.05, 0.1) is 11.3 Å². The van der Waals surface area contributed by atoms with E-state index in [0.717, 1.165) is 12.0 Å². The minimum absolute atomic E-state index is 0.163. The molecule has 0 spiro atoms. The predicted molar refractivity (Wildman–Crippen MR) is 74.9 cm³/mol. The third-order valence-corrected chi connectivity index (χ3v) is 3.20. The Morgan fingerprint density at radius 1 is 1.38 bits per heavy atom. The van der Waals surface area contributed by atoms with Gasteiger partial charge in [-0.25, -0.2) is 0 Å². The largest absolute Gasteiger partial charge is 0.486 e. The second kappa shape index (κ2) is 5.47. The molecule has 0 unspecified atom stereocenters. The summed E-state index contributed by atoms with van der Waals surface area (Å²) in [6.07, 6.45) is 2.65. The molecule has 1 aromatic carbocycles. The minimum Gasteiger partial charge on any atom is -0.486 e. The van der Waals surface area contributed by atoms with Crippen molar-refractivity contribution >= 4 is 6.29 Å². The molecule has 110 valence electrons. The summed E-state index contributed by atoms with van der Waals surface area (Å²) in [5.74, 6) is 1.62. The molecule has 0 fully saturated rings. The lowest BCUT2D eigenvalue weighted by atomic mass is 10.2. The van der Waals surface area contributed by atoms with Gasteiger partial charge in [-0.15, -0.1) is 0 Å². The van der Waals surface area contributed by atoms with E-state index in [1.807, 2.05) is 16.9 Å². The summed E-state index contributed by atoms with van der Waals surface area (Å²) in [4.78, 5) is 11.1. The summed E-state index contributed by atoms with van der Waals surface area (Å²) >= 11 is 0. The van der Waals surface area contributed by atoms with Crippen LogP contribution in [-0.4, -0.2) is 22.9 Å². The monoisotopic (exact) mass is 288 g/mol. The Morgan fingerprint density at radius 3 is 2.81 bits per heavy atom. The second-order valence-electron chi connectivity index (χ2n) is 5.03. The van der Waals surface area contributed by atoms with Crippen LogP contribution in [0.25, 0.3) is 0 Å². The third kappa shape index (κ3) is 2.69. The SMILES string of the molecule is CC(C)n1ccc(COc2cc3c(cc2C=O)OCO3)n1. The highest BCUT2D eigenvalue weighted by Gasteiger charge is 2.18. The zero-order valence-corrected chi connectivity index (χ0v) is 11.9. The standard InChI is InChI=1S/C15H16N2O4/c1-10(2)17-4-3-12(16-17)8-19-13-6-15-14(20-9-21-15)5-11(13)7-18/h3-7,10H,8-9H2,1-2H3. The first-order chi connectivity index (χ1) is 10.2. The van der Waals surface area contributed by atoms with Gasteiger partial charge >= 0.3 is 0 Å². The lowest BCUT2D eigenvalue weighted by Gasteiger charge is -2.08. The molecule has 0 bridgehead atoms. The fraction of sp³-hybridized carbons (Fsp3) is 0.333. The van der Waals surface area contributed by atoms with Gasteiger partial charge in [0.2, 0.25) is 6.79 Å². The summed E-state index contributed by atoms with van der Waals surface area (Å²) in [5.41, 5.74) is 1.24. The van der Waals surface area contributed by atoms with Crippen LogP contribution in [0.15, 0.2) is 24.4 Å². The first-order valence-corrected chi connectivity index (χ1v) is 6.73. The van der Waals surface area contributed by atoms with Gasteiger partial charge in [-0.1, -0.05) is 0 Å². The van der Waals surface area contributed by atoms with Crippen molar-refractivity contribution in [2.45, 2.75) is 26.5 Å². The van der Waals surface area contributed by atoms with E-state index >= 15 is 0 Å². The molecule has 6 nitrogen and oxygen atoms in total. The van der Waals surface area contributed by atoms with Gasteiger partial charge in [0, 0.05) is 18.3 Å². The van der Waals surface area contributed by atoms with Gasteiger partial charge in [-0.05, 0) is 26.0 Å². The van der Waals surface area contributed by atoms with Crippen LogP contribution in [-0.2, 0) is 6.61 Å². The molecule has 0 amide bonds. The van der Waals surface area contributed by atoms with Crippen LogP contribution in [0.4, 0.5) is 0 Å². The highest BCUT2D eigenvalue weighted by molar-refractivity contribution is 5.81. The number of benzene rings is 1. The topological polar surface area (TPSA) is 62.6 Å². The van der Waals surface area contributed by atoms with E-state index in [2.05, 4.69) is 18.9 Å². The molecule has 0 atom stereocenters. The highest BCUT2D eigenvalue weighted by atomic mass is 16.7. The van der Waals surface area contributed by atoms with Crippen molar-refractivity contribution in [3.63, 3.8) is 0 Å². The van der Waals surface area contributed by atoms with E-state index in [0.29, 0.717) is 35.5 Å². The Labute approximate surface area is 122 Å². The van der Waals surface area contributed by atoms with Gasteiger partial charge in [0.1, 0.15) is 12.4 Å². The quantitative estimate of drug-likeness (QED) is 0.791. The number of aldehydes is 1. The number of hydrogen-bond donors (Lipinski definition) is 0. The van der Waals surface area contributed by atoms with Crippen LogP contribution in [0, 0.1) is 0 Å². The van der Waals surface area contributed by atoms with Gasteiger partial charge in [0.25, 0.3) is 0 Å². The third-order valence-electron chi connectivity index (χ3n) is 3.20. The van der Waals surface area contributed by atoms with Crippen molar-refractivity contribution in [3.05, 3.63) is 35.7 Å². The highest BCUT2D eigenvalue weighted by Crippen LogP contribution is 2.37. The molecule has 6 heteroatoms. The van der Waals surface area contributed by atoms with Crippen molar-refractivity contribution in [2.75, 3.05) is 6.79 Å². The Hall–Kier alpha value is -2.50. The fourth-order valence-corrected chi connectivity index (χ4v) is 2.05. The summed E-state index contributed by atoms with van der Waals surface area (Å²) in [6.45, 7) is 4.57. The smallest absolute Gasteiger partial charge is 0.231 e. The zero-order chi connectivity index (χ0) is 14.8. The predicted octanol–water partition coefficient (Wildman–Crippen LogP) is 2.58. The second-order valence-corrected chi connectivity index (χ2v) is 5.03. The molecule has 0 N–H and O–H groups in total. The van der Waals surface area contributed by atoms with E-state index < -0.39 is 0 Å². The molecule has 0 saturated heterocycles. The molecule has 1 aliphatic rings. The zero-order valence-electron chi connectivity index (χ0n) is 11.9. The number of fused-ring (bicyclic) bond motifs is 1. The number of carbonyl (C=O) groups excluding carboxylic acids is 1. The molecule has 2 heterocycles. The molecule has 1 aliphatic heterocycles. The van der Waals surface area contributed by atoms with E-state index in [9.17, 15) is 4.79 Å². The van der Waals surface area contributed by atoms with E-state index in [4.69, 9.17) is 14.2 Å². The van der Waals surface area contributed by atoms with Crippen LogP contribution >= 0.6 is 0 Å². The minimum atomic E-state index is 0.163. The van der Waals surface area contributed by atoms with Gasteiger partial charge in [0.15, 0.2) is 17.8 Å².